The second kappa shape index (κ2) is 4.19. The monoisotopic (exact) mass is 228 g/mol. The molecule has 0 aliphatic heterocycles. The molecule has 0 saturated carbocycles. The summed E-state index contributed by atoms with van der Waals surface area (Å²) in [6.45, 7) is 1.09. The summed E-state index contributed by atoms with van der Waals surface area (Å²) >= 11 is 0. The molecular weight excluding hydrogens is 208 g/mol. The van der Waals surface area contributed by atoms with Crippen molar-refractivity contribution in [2.75, 3.05) is 13.6 Å². The van der Waals surface area contributed by atoms with Crippen LogP contribution < -0.4 is 5.32 Å². The van der Waals surface area contributed by atoms with Crippen LogP contribution in [0.5, 0.6) is 0 Å². The molecule has 3 rings (SSSR count). The number of hydrogen-bond donors (Lipinski definition) is 1. The van der Waals surface area contributed by atoms with Crippen LogP contribution in [0.25, 0.3) is 10.9 Å². The zero-order valence-corrected chi connectivity index (χ0v) is 10.7. The molecule has 1 atom stereocenters. The van der Waals surface area contributed by atoms with Gasteiger partial charge < -0.3 is 9.88 Å². The molecule has 1 aliphatic carbocycles. The van der Waals surface area contributed by atoms with Crippen LogP contribution in [0.4, 0.5) is 0 Å². The van der Waals surface area contributed by atoms with Gasteiger partial charge in [-0.15, -0.1) is 0 Å². The van der Waals surface area contributed by atoms with Gasteiger partial charge in [-0.05, 0) is 37.9 Å². The number of aromatic nitrogens is 1. The second-order valence-corrected chi connectivity index (χ2v) is 5.09. The first-order valence-corrected chi connectivity index (χ1v) is 6.53. The first-order valence-electron chi connectivity index (χ1n) is 6.53. The van der Waals surface area contributed by atoms with E-state index in [0.717, 1.165) is 6.54 Å². The maximum absolute atomic E-state index is 3.34. The number of rotatable bonds is 2. The summed E-state index contributed by atoms with van der Waals surface area (Å²) < 4.78 is 2.41. The van der Waals surface area contributed by atoms with Gasteiger partial charge in [-0.3, -0.25) is 0 Å². The molecule has 1 aliphatic rings. The fraction of sp³-hybridized carbons (Fsp3) is 0.467. The zero-order chi connectivity index (χ0) is 11.8. The highest BCUT2D eigenvalue weighted by molar-refractivity contribution is 5.86. The number of nitrogens with zero attached hydrogens (tertiary/aromatic N) is 1. The van der Waals surface area contributed by atoms with Gasteiger partial charge in [0.15, 0.2) is 0 Å². The third-order valence-electron chi connectivity index (χ3n) is 4.08. The molecule has 2 nitrogen and oxygen atoms in total. The lowest BCUT2D eigenvalue weighted by molar-refractivity contribution is 0.506. The number of aryl methyl sites for hydroxylation is 2. The van der Waals surface area contributed by atoms with E-state index in [1.54, 1.807) is 11.3 Å². The topological polar surface area (TPSA) is 17.0 Å². The number of nitrogens with one attached hydrogen (secondary N) is 1. The molecule has 90 valence electrons. The number of para-hydroxylation sites is 1. The largest absolute Gasteiger partial charge is 0.347 e. The third-order valence-corrected chi connectivity index (χ3v) is 4.08. The van der Waals surface area contributed by atoms with E-state index in [9.17, 15) is 0 Å². The molecule has 0 bridgehead atoms. The number of hydrogen-bond acceptors (Lipinski definition) is 1. The van der Waals surface area contributed by atoms with Gasteiger partial charge in [0.25, 0.3) is 0 Å². The summed E-state index contributed by atoms with van der Waals surface area (Å²) in [7, 11) is 4.27. The Balaban J connectivity index is 2.22. The summed E-state index contributed by atoms with van der Waals surface area (Å²) in [5, 5.41) is 4.80. The molecule has 2 aromatic rings. The zero-order valence-electron chi connectivity index (χ0n) is 10.7. The Kier molecular flexibility index (Phi) is 2.67. The first kappa shape index (κ1) is 10.8. The van der Waals surface area contributed by atoms with Crippen LogP contribution in [0.3, 0.4) is 0 Å². The Bertz CT molecular complexity index is 539. The van der Waals surface area contributed by atoms with E-state index in [-0.39, 0.29) is 0 Å². The summed E-state index contributed by atoms with van der Waals surface area (Å²) in [6.07, 6.45) is 3.89. The average molecular weight is 228 g/mol. The normalized spacial score (nSPS) is 19.5. The van der Waals surface area contributed by atoms with E-state index in [0.29, 0.717) is 5.92 Å². The summed E-state index contributed by atoms with van der Waals surface area (Å²) in [5.74, 6) is 0.682. The predicted octanol–water partition coefficient (Wildman–Crippen LogP) is 2.82. The van der Waals surface area contributed by atoms with E-state index in [1.807, 2.05) is 0 Å². The van der Waals surface area contributed by atoms with Crippen LogP contribution in [-0.2, 0) is 13.5 Å². The van der Waals surface area contributed by atoms with Crippen LogP contribution in [0.15, 0.2) is 24.3 Å². The minimum absolute atomic E-state index is 0.682. The van der Waals surface area contributed by atoms with Gasteiger partial charge in [0, 0.05) is 36.1 Å². The van der Waals surface area contributed by atoms with Crippen molar-refractivity contribution in [3.63, 3.8) is 0 Å². The van der Waals surface area contributed by atoms with Gasteiger partial charge in [-0.2, -0.15) is 0 Å². The maximum atomic E-state index is 3.34. The van der Waals surface area contributed by atoms with Crippen molar-refractivity contribution in [1.82, 2.24) is 9.88 Å². The standard InChI is InChI=1S/C15H20N2/c1-16-10-11-6-5-8-13-12-7-3-4-9-14(12)17(2)15(11)13/h3-4,7,9,11,16H,5-6,8,10H2,1-2H3. The van der Waals surface area contributed by atoms with Crippen LogP contribution in [-0.4, -0.2) is 18.2 Å². The van der Waals surface area contributed by atoms with Crippen LogP contribution in [0.2, 0.25) is 0 Å². The number of fused-ring (bicyclic) bond motifs is 3. The molecule has 1 heterocycles. The van der Waals surface area contributed by atoms with Crippen molar-refractivity contribution in [3.8, 4) is 0 Å². The fourth-order valence-electron chi connectivity index (χ4n) is 3.38. The predicted molar refractivity (Wildman–Crippen MR) is 72.5 cm³/mol. The molecular formula is C15H20N2. The van der Waals surface area contributed by atoms with Crippen molar-refractivity contribution in [3.05, 3.63) is 35.5 Å². The molecule has 0 spiro atoms. The van der Waals surface area contributed by atoms with E-state index in [4.69, 9.17) is 0 Å². The fourth-order valence-corrected chi connectivity index (χ4v) is 3.38. The number of likely N-dealkylation sites (N-methyl/N-ethyl adjacent to an activating group) is 1. The SMILES string of the molecule is CNCC1CCCc2c1n(C)c1ccccc21. The molecule has 1 aromatic heterocycles. The van der Waals surface area contributed by atoms with Gasteiger partial charge in [-0.1, -0.05) is 18.2 Å². The van der Waals surface area contributed by atoms with E-state index in [2.05, 4.69) is 48.2 Å². The van der Waals surface area contributed by atoms with E-state index >= 15 is 0 Å². The molecule has 1 N–H and O–H groups in total. The van der Waals surface area contributed by atoms with Crippen molar-refractivity contribution < 1.29 is 0 Å². The van der Waals surface area contributed by atoms with Crippen LogP contribution in [0.1, 0.15) is 30.0 Å². The lowest BCUT2D eigenvalue weighted by atomic mass is 9.86. The third kappa shape index (κ3) is 1.59. The van der Waals surface area contributed by atoms with Crippen molar-refractivity contribution in [1.29, 1.82) is 0 Å². The Morgan fingerprint density at radius 3 is 3.00 bits per heavy atom. The summed E-state index contributed by atoms with van der Waals surface area (Å²) in [5.41, 5.74) is 4.54. The van der Waals surface area contributed by atoms with E-state index < -0.39 is 0 Å². The molecule has 17 heavy (non-hydrogen) atoms. The highest BCUT2D eigenvalue weighted by Crippen LogP contribution is 2.37. The van der Waals surface area contributed by atoms with Crippen LogP contribution >= 0.6 is 0 Å². The van der Waals surface area contributed by atoms with Gasteiger partial charge in [-0.25, -0.2) is 0 Å². The number of benzene rings is 1. The molecule has 0 radical (unpaired) electrons. The molecule has 0 fully saturated rings. The van der Waals surface area contributed by atoms with E-state index in [1.165, 1.54) is 30.2 Å². The Hall–Kier alpha value is -1.28. The van der Waals surface area contributed by atoms with Crippen molar-refractivity contribution >= 4 is 10.9 Å². The second-order valence-electron chi connectivity index (χ2n) is 5.09. The van der Waals surface area contributed by atoms with Crippen molar-refractivity contribution in [2.24, 2.45) is 7.05 Å². The smallest absolute Gasteiger partial charge is 0.0482 e. The Morgan fingerprint density at radius 2 is 2.18 bits per heavy atom. The quantitative estimate of drug-likeness (QED) is 0.836. The summed E-state index contributed by atoms with van der Waals surface area (Å²) in [4.78, 5) is 0. The molecule has 2 heteroatoms. The highest BCUT2D eigenvalue weighted by atomic mass is 15.0. The van der Waals surface area contributed by atoms with Gasteiger partial charge in [0.05, 0.1) is 0 Å². The Labute approximate surface area is 103 Å². The minimum atomic E-state index is 0.682. The molecule has 0 amide bonds. The summed E-state index contributed by atoms with van der Waals surface area (Å²) in [6, 6.07) is 8.81. The lowest BCUT2D eigenvalue weighted by Crippen LogP contribution is -2.22. The maximum Gasteiger partial charge on any atom is 0.0482 e. The van der Waals surface area contributed by atoms with Gasteiger partial charge in [0.2, 0.25) is 0 Å². The van der Waals surface area contributed by atoms with Crippen LogP contribution in [0, 0.1) is 0 Å². The lowest BCUT2D eigenvalue weighted by Gasteiger charge is -2.24. The first-order chi connectivity index (χ1) is 8.33. The molecule has 1 unspecified atom stereocenters. The minimum Gasteiger partial charge on any atom is -0.347 e. The molecule has 1 aromatic carbocycles. The van der Waals surface area contributed by atoms with Gasteiger partial charge >= 0.3 is 0 Å². The Morgan fingerprint density at radius 1 is 1.35 bits per heavy atom. The highest BCUT2D eigenvalue weighted by Gasteiger charge is 2.25. The average Bonchev–Trinajstić information content (AvgIpc) is 2.66. The molecule has 0 saturated heterocycles. The van der Waals surface area contributed by atoms with Gasteiger partial charge in [0.1, 0.15) is 0 Å². The van der Waals surface area contributed by atoms with Crippen molar-refractivity contribution in [2.45, 2.75) is 25.2 Å².